The molecule has 4 nitrogen and oxygen atoms in total. The molecule has 2 aromatic carbocycles. The standard InChI is InChI=1S/C19H21ClN2O2S2/c1-24-18(23)14-7-4-8-16(12-14)22-19(25)21-10-5-11-26-13-15-6-2-3-9-17(15)20/h2-4,6-9,12H,5,10-11,13H2,1H3,(H2,21,22,25). The molecule has 0 aromatic heterocycles. The van der Waals surface area contributed by atoms with Crippen molar-refractivity contribution in [1.82, 2.24) is 5.32 Å². The number of hydrogen-bond donors (Lipinski definition) is 2. The Kier molecular flexibility index (Phi) is 8.74. The van der Waals surface area contributed by atoms with E-state index in [0.29, 0.717) is 10.7 Å². The van der Waals surface area contributed by atoms with Gasteiger partial charge in [-0.15, -0.1) is 0 Å². The number of ether oxygens (including phenoxy) is 1. The maximum atomic E-state index is 11.5. The SMILES string of the molecule is COC(=O)c1cccc(NC(=S)NCCCSCc2ccccc2Cl)c1. The molecule has 0 heterocycles. The number of anilines is 1. The lowest BCUT2D eigenvalue weighted by molar-refractivity contribution is 0.0601. The normalized spacial score (nSPS) is 10.2. The maximum absolute atomic E-state index is 11.5. The number of carbonyl (C=O) groups excluding carboxylic acids is 1. The van der Waals surface area contributed by atoms with Crippen molar-refractivity contribution in [2.75, 3.05) is 24.7 Å². The van der Waals surface area contributed by atoms with E-state index in [2.05, 4.69) is 16.7 Å². The zero-order valence-electron chi connectivity index (χ0n) is 14.5. The van der Waals surface area contributed by atoms with Crippen molar-refractivity contribution in [1.29, 1.82) is 0 Å². The average molecular weight is 409 g/mol. The van der Waals surface area contributed by atoms with Crippen molar-refractivity contribution in [2.45, 2.75) is 12.2 Å². The van der Waals surface area contributed by atoms with Crippen LogP contribution in [0.25, 0.3) is 0 Å². The van der Waals surface area contributed by atoms with Crippen LogP contribution in [0.1, 0.15) is 22.3 Å². The zero-order valence-corrected chi connectivity index (χ0v) is 16.8. The van der Waals surface area contributed by atoms with E-state index in [1.54, 1.807) is 18.2 Å². The van der Waals surface area contributed by atoms with E-state index in [0.717, 1.165) is 40.7 Å². The van der Waals surface area contributed by atoms with Gasteiger partial charge in [-0.25, -0.2) is 4.79 Å². The Morgan fingerprint density at radius 1 is 1.23 bits per heavy atom. The van der Waals surface area contributed by atoms with Gasteiger partial charge in [0, 0.05) is 23.0 Å². The van der Waals surface area contributed by atoms with Crippen LogP contribution in [0.15, 0.2) is 48.5 Å². The summed E-state index contributed by atoms with van der Waals surface area (Å²) in [5.41, 5.74) is 2.39. The summed E-state index contributed by atoms with van der Waals surface area (Å²) in [7, 11) is 1.36. The summed E-state index contributed by atoms with van der Waals surface area (Å²) in [5, 5.41) is 7.59. The Labute approximate surface area is 168 Å². The molecule has 26 heavy (non-hydrogen) atoms. The lowest BCUT2D eigenvalue weighted by Gasteiger charge is -2.11. The highest BCUT2D eigenvalue weighted by Gasteiger charge is 2.06. The van der Waals surface area contributed by atoms with Gasteiger partial charge in [0.25, 0.3) is 0 Å². The molecular formula is C19H21ClN2O2S2. The van der Waals surface area contributed by atoms with Crippen molar-refractivity contribution in [3.8, 4) is 0 Å². The predicted octanol–water partition coefficient (Wildman–Crippen LogP) is 4.74. The van der Waals surface area contributed by atoms with Crippen LogP contribution >= 0.6 is 35.6 Å². The molecular weight excluding hydrogens is 388 g/mol. The van der Waals surface area contributed by atoms with Crippen molar-refractivity contribution >= 4 is 52.3 Å². The fourth-order valence-corrected chi connectivity index (χ4v) is 3.66. The Hall–Kier alpha value is -1.76. The molecule has 2 rings (SSSR count). The van der Waals surface area contributed by atoms with Gasteiger partial charge >= 0.3 is 5.97 Å². The summed E-state index contributed by atoms with van der Waals surface area (Å²) in [5.74, 6) is 1.55. The second-order valence-corrected chi connectivity index (χ2v) is 7.37. The first-order chi connectivity index (χ1) is 12.6. The lowest BCUT2D eigenvalue weighted by atomic mass is 10.2. The fraction of sp³-hybridized carbons (Fsp3) is 0.263. The van der Waals surface area contributed by atoms with Gasteiger partial charge in [0.05, 0.1) is 12.7 Å². The minimum absolute atomic E-state index is 0.372. The quantitative estimate of drug-likeness (QED) is 0.374. The fourth-order valence-electron chi connectivity index (χ4n) is 2.19. The van der Waals surface area contributed by atoms with Crippen molar-refractivity contribution in [3.63, 3.8) is 0 Å². The van der Waals surface area contributed by atoms with E-state index >= 15 is 0 Å². The summed E-state index contributed by atoms with van der Waals surface area (Å²) >= 11 is 13.3. The highest BCUT2D eigenvalue weighted by molar-refractivity contribution is 7.98. The van der Waals surface area contributed by atoms with Gasteiger partial charge in [0.1, 0.15) is 0 Å². The highest BCUT2D eigenvalue weighted by atomic mass is 35.5. The number of benzene rings is 2. The van der Waals surface area contributed by atoms with Crippen LogP contribution in [-0.4, -0.2) is 30.5 Å². The molecule has 138 valence electrons. The van der Waals surface area contributed by atoms with Gasteiger partial charge in [0.2, 0.25) is 0 Å². The van der Waals surface area contributed by atoms with Crippen LogP contribution in [0.3, 0.4) is 0 Å². The number of nitrogens with one attached hydrogen (secondary N) is 2. The van der Waals surface area contributed by atoms with Gasteiger partial charge < -0.3 is 15.4 Å². The van der Waals surface area contributed by atoms with Crippen LogP contribution in [-0.2, 0) is 10.5 Å². The lowest BCUT2D eigenvalue weighted by Crippen LogP contribution is -2.29. The van der Waals surface area contributed by atoms with Gasteiger partial charge in [-0.2, -0.15) is 11.8 Å². The minimum atomic E-state index is -0.372. The van der Waals surface area contributed by atoms with Crippen LogP contribution in [0.4, 0.5) is 5.69 Å². The Morgan fingerprint density at radius 3 is 2.81 bits per heavy atom. The number of hydrogen-bond acceptors (Lipinski definition) is 4. The molecule has 0 atom stereocenters. The number of thiocarbonyl (C=S) groups is 1. The van der Waals surface area contributed by atoms with Crippen molar-refractivity contribution in [2.24, 2.45) is 0 Å². The highest BCUT2D eigenvalue weighted by Crippen LogP contribution is 2.20. The van der Waals surface area contributed by atoms with E-state index in [9.17, 15) is 4.79 Å². The monoisotopic (exact) mass is 408 g/mol. The molecule has 0 saturated heterocycles. The number of halogens is 1. The number of thioether (sulfide) groups is 1. The number of methoxy groups -OCH3 is 1. The van der Waals surface area contributed by atoms with E-state index in [4.69, 9.17) is 28.6 Å². The molecule has 0 aliphatic rings. The predicted molar refractivity (Wildman–Crippen MR) is 114 cm³/mol. The first-order valence-corrected chi connectivity index (χ1v) is 10.1. The first-order valence-electron chi connectivity index (χ1n) is 8.14. The maximum Gasteiger partial charge on any atom is 0.337 e. The van der Waals surface area contributed by atoms with Gasteiger partial charge in [-0.05, 0) is 54.2 Å². The number of rotatable bonds is 8. The first kappa shape index (κ1) is 20.6. The third kappa shape index (κ3) is 6.86. The minimum Gasteiger partial charge on any atom is -0.465 e. The number of esters is 1. The summed E-state index contributed by atoms with van der Waals surface area (Å²) < 4.78 is 4.71. The van der Waals surface area contributed by atoms with E-state index in [1.807, 2.05) is 36.0 Å². The molecule has 2 N–H and O–H groups in total. The number of carbonyl (C=O) groups is 1. The summed E-state index contributed by atoms with van der Waals surface area (Å²) in [4.78, 5) is 11.5. The van der Waals surface area contributed by atoms with Gasteiger partial charge in [0.15, 0.2) is 5.11 Å². The van der Waals surface area contributed by atoms with Crippen LogP contribution in [0.2, 0.25) is 5.02 Å². The summed E-state index contributed by atoms with van der Waals surface area (Å²) in [6.07, 6.45) is 0.985. The summed E-state index contributed by atoms with van der Waals surface area (Å²) in [6.45, 7) is 0.776. The van der Waals surface area contributed by atoms with Crippen LogP contribution < -0.4 is 10.6 Å². The molecule has 0 saturated carbocycles. The molecule has 0 spiro atoms. The van der Waals surface area contributed by atoms with Crippen molar-refractivity contribution < 1.29 is 9.53 Å². The topological polar surface area (TPSA) is 50.4 Å². The third-order valence-electron chi connectivity index (χ3n) is 3.51. The van der Waals surface area contributed by atoms with Crippen LogP contribution in [0, 0.1) is 0 Å². The molecule has 7 heteroatoms. The zero-order chi connectivity index (χ0) is 18.8. The van der Waals surface area contributed by atoms with Crippen LogP contribution in [0.5, 0.6) is 0 Å². The average Bonchev–Trinajstić information content (AvgIpc) is 2.65. The Bertz CT molecular complexity index is 756. The summed E-state index contributed by atoms with van der Waals surface area (Å²) in [6, 6.07) is 14.9. The van der Waals surface area contributed by atoms with Crippen molar-refractivity contribution in [3.05, 3.63) is 64.7 Å². The third-order valence-corrected chi connectivity index (χ3v) is 5.22. The molecule has 0 aliphatic heterocycles. The second kappa shape index (κ2) is 11.1. The molecule has 0 aliphatic carbocycles. The molecule has 0 amide bonds. The van der Waals surface area contributed by atoms with E-state index < -0.39 is 0 Å². The Morgan fingerprint density at radius 2 is 2.04 bits per heavy atom. The molecule has 2 aromatic rings. The molecule has 0 radical (unpaired) electrons. The van der Waals surface area contributed by atoms with E-state index in [-0.39, 0.29) is 5.97 Å². The molecule has 0 bridgehead atoms. The van der Waals surface area contributed by atoms with Gasteiger partial charge in [-0.3, -0.25) is 0 Å². The Balaban J connectivity index is 1.65. The molecule has 0 fully saturated rings. The molecule has 0 unspecified atom stereocenters. The van der Waals surface area contributed by atoms with Gasteiger partial charge in [-0.1, -0.05) is 35.9 Å². The largest absolute Gasteiger partial charge is 0.465 e. The van der Waals surface area contributed by atoms with E-state index in [1.165, 1.54) is 7.11 Å². The second-order valence-electron chi connectivity index (χ2n) is 5.45. The smallest absolute Gasteiger partial charge is 0.337 e.